The van der Waals surface area contributed by atoms with Crippen molar-refractivity contribution in [1.82, 2.24) is 5.32 Å². The Bertz CT molecular complexity index is 605. The van der Waals surface area contributed by atoms with Crippen LogP contribution in [0.5, 0.6) is 0 Å². The number of amides is 1. The molecule has 2 aromatic carbocycles. The van der Waals surface area contributed by atoms with Crippen LogP contribution in [-0.4, -0.2) is 11.9 Å². The first kappa shape index (κ1) is 17.2. The second-order valence-electron chi connectivity index (χ2n) is 6.30. The van der Waals surface area contributed by atoms with E-state index in [1.165, 1.54) is 11.1 Å². The molecule has 0 aliphatic heterocycles. The van der Waals surface area contributed by atoms with Crippen LogP contribution >= 0.6 is 0 Å². The van der Waals surface area contributed by atoms with Crippen molar-refractivity contribution in [2.75, 3.05) is 5.32 Å². The van der Waals surface area contributed by atoms with Crippen molar-refractivity contribution in [3.63, 3.8) is 0 Å². The standard InChI is InChI=1S/C20H26N2O/c1-15(2)18-11-9-17(10-12-18)14-21-16(3)13-20(23)22-19-7-5-4-6-8-19/h4-12,15-16,21H,13-14H2,1-3H3,(H,22,23). The number of anilines is 1. The number of hydrogen-bond donors (Lipinski definition) is 2. The van der Waals surface area contributed by atoms with Gasteiger partial charge in [-0.25, -0.2) is 0 Å². The molecule has 0 saturated heterocycles. The number of carbonyl (C=O) groups excluding carboxylic acids is 1. The Balaban J connectivity index is 1.76. The van der Waals surface area contributed by atoms with Gasteiger partial charge < -0.3 is 10.6 Å². The maximum atomic E-state index is 12.0. The first-order chi connectivity index (χ1) is 11.0. The van der Waals surface area contributed by atoms with E-state index in [9.17, 15) is 4.79 Å². The van der Waals surface area contributed by atoms with Crippen LogP contribution in [-0.2, 0) is 11.3 Å². The summed E-state index contributed by atoms with van der Waals surface area (Å²) in [5, 5.41) is 6.32. The maximum Gasteiger partial charge on any atom is 0.225 e. The smallest absolute Gasteiger partial charge is 0.225 e. The Hall–Kier alpha value is -2.13. The average Bonchev–Trinajstić information content (AvgIpc) is 2.54. The van der Waals surface area contributed by atoms with Crippen molar-refractivity contribution in [1.29, 1.82) is 0 Å². The van der Waals surface area contributed by atoms with Crippen LogP contribution in [0.25, 0.3) is 0 Å². The Morgan fingerprint density at radius 2 is 1.61 bits per heavy atom. The molecular formula is C20H26N2O. The van der Waals surface area contributed by atoms with Crippen molar-refractivity contribution in [2.45, 2.75) is 45.7 Å². The van der Waals surface area contributed by atoms with Gasteiger partial charge in [-0.15, -0.1) is 0 Å². The molecular weight excluding hydrogens is 284 g/mol. The summed E-state index contributed by atoms with van der Waals surface area (Å²) >= 11 is 0. The van der Waals surface area contributed by atoms with Gasteiger partial charge >= 0.3 is 0 Å². The normalized spacial score (nSPS) is 12.2. The molecule has 0 bridgehead atoms. The van der Waals surface area contributed by atoms with Gasteiger partial charge in [0.15, 0.2) is 0 Å². The molecule has 3 heteroatoms. The van der Waals surface area contributed by atoms with Gasteiger partial charge in [0.25, 0.3) is 0 Å². The summed E-state index contributed by atoms with van der Waals surface area (Å²) in [6.45, 7) is 7.20. The van der Waals surface area contributed by atoms with E-state index in [0.29, 0.717) is 12.3 Å². The van der Waals surface area contributed by atoms with E-state index >= 15 is 0 Å². The maximum absolute atomic E-state index is 12.0. The summed E-state index contributed by atoms with van der Waals surface area (Å²) in [5.74, 6) is 0.587. The van der Waals surface area contributed by atoms with Gasteiger partial charge in [-0.3, -0.25) is 4.79 Å². The molecule has 0 aromatic heterocycles. The quantitative estimate of drug-likeness (QED) is 0.800. The fourth-order valence-corrected chi connectivity index (χ4v) is 2.40. The van der Waals surface area contributed by atoms with E-state index in [-0.39, 0.29) is 11.9 Å². The Morgan fingerprint density at radius 1 is 0.957 bits per heavy atom. The van der Waals surface area contributed by atoms with Gasteiger partial charge in [-0.2, -0.15) is 0 Å². The minimum atomic E-state index is 0.0337. The summed E-state index contributed by atoms with van der Waals surface area (Å²) in [6, 6.07) is 18.3. The molecule has 2 rings (SSSR count). The summed E-state index contributed by atoms with van der Waals surface area (Å²) in [5.41, 5.74) is 3.43. The van der Waals surface area contributed by atoms with Crippen LogP contribution in [0.3, 0.4) is 0 Å². The van der Waals surface area contributed by atoms with Gasteiger partial charge in [0.05, 0.1) is 0 Å². The average molecular weight is 310 g/mol. The van der Waals surface area contributed by atoms with Crippen molar-refractivity contribution in [3.05, 3.63) is 65.7 Å². The molecule has 0 radical (unpaired) electrons. The zero-order valence-corrected chi connectivity index (χ0v) is 14.2. The van der Waals surface area contributed by atoms with Crippen molar-refractivity contribution < 1.29 is 4.79 Å². The van der Waals surface area contributed by atoms with Gasteiger partial charge in [-0.1, -0.05) is 56.3 Å². The highest BCUT2D eigenvalue weighted by molar-refractivity contribution is 5.90. The summed E-state index contributed by atoms with van der Waals surface area (Å²) in [4.78, 5) is 12.0. The van der Waals surface area contributed by atoms with Crippen molar-refractivity contribution >= 4 is 11.6 Å². The van der Waals surface area contributed by atoms with E-state index < -0.39 is 0 Å². The molecule has 0 aliphatic carbocycles. The van der Waals surface area contributed by atoms with E-state index in [4.69, 9.17) is 0 Å². The van der Waals surface area contributed by atoms with Crippen LogP contribution in [0, 0.1) is 0 Å². The monoisotopic (exact) mass is 310 g/mol. The predicted octanol–water partition coefficient (Wildman–Crippen LogP) is 4.32. The van der Waals surface area contributed by atoms with Crippen LogP contribution in [0.15, 0.2) is 54.6 Å². The van der Waals surface area contributed by atoms with E-state index in [2.05, 4.69) is 48.7 Å². The highest BCUT2D eigenvalue weighted by Crippen LogP contribution is 2.14. The van der Waals surface area contributed by atoms with Crippen LogP contribution in [0.2, 0.25) is 0 Å². The summed E-state index contributed by atoms with van der Waals surface area (Å²) < 4.78 is 0. The number of hydrogen-bond acceptors (Lipinski definition) is 2. The predicted molar refractivity (Wildman–Crippen MR) is 96.5 cm³/mol. The molecule has 0 spiro atoms. The molecule has 1 atom stereocenters. The van der Waals surface area contributed by atoms with E-state index in [0.717, 1.165) is 12.2 Å². The third-order valence-corrected chi connectivity index (χ3v) is 3.85. The molecule has 0 aliphatic rings. The zero-order chi connectivity index (χ0) is 16.7. The lowest BCUT2D eigenvalue weighted by molar-refractivity contribution is -0.116. The SMILES string of the molecule is CC(CC(=O)Nc1ccccc1)NCc1ccc(C(C)C)cc1. The molecule has 23 heavy (non-hydrogen) atoms. The third-order valence-electron chi connectivity index (χ3n) is 3.85. The van der Waals surface area contributed by atoms with E-state index in [1.807, 2.05) is 37.3 Å². The van der Waals surface area contributed by atoms with Gasteiger partial charge in [-0.05, 0) is 36.1 Å². The molecule has 0 saturated carbocycles. The summed E-state index contributed by atoms with van der Waals surface area (Å²) in [6.07, 6.45) is 0.457. The largest absolute Gasteiger partial charge is 0.326 e. The molecule has 1 amide bonds. The fourth-order valence-electron chi connectivity index (χ4n) is 2.40. The minimum absolute atomic E-state index is 0.0337. The lowest BCUT2D eigenvalue weighted by Crippen LogP contribution is -2.30. The molecule has 0 heterocycles. The van der Waals surface area contributed by atoms with Gasteiger partial charge in [0.2, 0.25) is 5.91 Å². The molecule has 122 valence electrons. The number of para-hydroxylation sites is 1. The summed E-state index contributed by atoms with van der Waals surface area (Å²) in [7, 11) is 0. The van der Waals surface area contributed by atoms with Crippen LogP contribution < -0.4 is 10.6 Å². The number of rotatable bonds is 7. The molecule has 3 nitrogen and oxygen atoms in total. The number of nitrogens with one attached hydrogen (secondary N) is 2. The third kappa shape index (κ3) is 5.87. The first-order valence-corrected chi connectivity index (χ1v) is 8.21. The first-order valence-electron chi connectivity index (χ1n) is 8.21. The van der Waals surface area contributed by atoms with Gasteiger partial charge in [0.1, 0.15) is 0 Å². The molecule has 2 N–H and O–H groups in total. The number of carbonyl (C=O) groups is 1. The Kier molecular flexibility index (Phi) is 6.36. The highest BCUT2D eigenvalue weighted by atomic mass is 16.1. The zero-order valence-electron chi connectivity index (χ0n) is 14.2. The second kappa shape index (κ2) is 8.49. The van der Waals surface area contributed by atoms with Crippen molar-refractivity contribution in [2.24, 2.45) is 0 Å². The fraction of sp³-hybridized carbons (Fsp3) is 0.350. The topological polar surface area (TPSA) is 41.1 Å². The van der Waals surface area contributed by atoms with Crippen LogP contribution in [0.4, 0.5) is 5.69 Å². The minimum Gasteiger partial charge on any atom is -0.326 e. The Labute approximate surface area is 139 Å². The lowest BCUT2D eigenvalue weighted by atomic mass is 10.0. The Morgan fingerprint density at radius 3 is 2.22 bits per heavy atom. The highest BCUT2D eigenvalue weighted by Gasteiger charge is 2.09. The van der Waals surface area contributed by atoms with Crippen molar-refractivity contribution in [3.8, 4) is 0 Å². The van der Waals surface area contributed by atoms with Gasteiger partial charge in [0, 0.05) is 24.7 Å². The number of benzene rings is 2. The molecule has 1 unspecified atom stereocenters. The molecule has 0 fully saturated rings. The second-order valence-corrected chi connectivity index (χ2v) is 6.30. The molecule has 2 aromatic rings. The lowest BCUT2D eigenvalue weighted by Gasteiger charge is -2.14. The van der Waals surface area contributed by atoms with Crippen LogP contribution in [0.1, 0.15) is 44.2 Å². The van der Waals surface area contributed by atoms with E-state index in [1.54, 1.807) is 0 Å².